The first-order chi connectivity index (χ1) is 9.05. The van der Waals surface area contributed by atoms with E-state index in [9.17, 15) is 8.42 Å². The third-order valence-corrected chi connectivity index (χ3v) is 5.80. The number of nitrogens with one attached hydrogen (secondary N) is 1. The zero-order valence-corrected chi connectivity index (χ0v) is 12.9. The highest BCUT2D eigenvalue weighted by atomic mass is 32.2. The molecule has 2 rings (SSSR count). The molecule has 0 spiro atoms. The van der Waals surface area contributed by atoms with Gasteiger partial charge in [-0.3, -0.25) is 0 Å². The van der Waals surface area contributed by atoms with Crippen molar-refractivity contribution in [2.75, 3.05) is 19.3 Å². The molecule has 4 nitrogen and oxygen atoms in total. The number of rotatable bonds is 3. The highest BCUT2D eigenvalue weighted by Gasteiger charge is 2.26. The van der Waals surface area contributed by atoms with Crippen molar-refractivity contribution in [2.45, 2.75) is 69.9 Å². The molecular formula is C14H28N2O2S. The smallest absolute Gasteiger partial charge is 0.211 e. The SMILES string of the molecule is CS(=O)(=O)N1CCC(NC2CCCCCCC2)CC1. The lowest BCUT2D eigenvalue weighted by Gasteiger charge is -2.33. The summed E-state index contributed by atoms with van der Waals surface area (Å²) < 4.78 is 24.6. The molecule has 19 heavy (non-hydrogen) atoms. The minimum atomic E-state index is -2.99. The summed E-state index contributed by atoms with van der Waals surface area (Å²) in [4.78, 5) is 0. The van der Waals surface area contributed by atoms with E-state index in [0.29, 0.717) is 25.2 Å². The summed E-state index contributed by atoms with van der Waals surface area (Å²) in [5.41, 5.74) is 0. The zero-order chi connectivity index (χ0) is 13.7. The normalized spacial score (nSPS) is 25.9. The van der Waals surface area contributed by atoms with Gasteiger partial charge in [0.15, 0.2) is 0 Å². The first kappa shape index (κ1) is 15.3. The number of piperidine rings is 1. The van der Waals surface area contributed by atoms with E-state index in [4.69, 9.17) is 0 Å². The lowest BCUT2D eigenvalue weighted by molar-refractivity contribution is 0.258. The van der Waals surface area contributed by atoms with Crippen LogP contribution in [0.15, 0.2) is 0 Å². The summed E-state index contributed by atoms with van der Waals surface area (Å²) in [5.74, 6) is 0. The van der Waals surface area contributed by atoms with E-state index in [1.807, 2.05) is 0 Å². The fraction of sp³-hybridized carbons (Fsp3) is 1.00. The molecule has 1 aliphatic heterocycles. The predicted molar refractivity (Wildman–Crippen MR) is 78.7 cm³/mol. The maximum Gasteiger partial charge on any atom is 0.211 e. The van der Waals surface area contributed by atoms with E-state index in [2.05, 4.69) is 5.32 Å². The van der Waals surface area contributed by atoms with Gasteiger partial charge in [-0.1, -0.05) is 32.1 Å². The monoisotopic (exact) mass is 288 g/mol. The molecule has 0 aromatic carbocycles. The van der Waals surface area contributed by atoms with Gasteiger partial charge in [0.25, 0.3) is 0 Å². The van der Waals surface area contributed by atoms with E-state index < -0.39 is 10.0 Å². The Kier molecular flexibility index (Phi) is 5.66. The van der Waals surface area contributed by atoms with Gasteiger partial charge in [-0.25, -0.2) is 12.7 Å². The molecule has 2 fully saturated rings. The molecule has 2 aliphatic rings. The van der Waals surface area contributed by atoms with E-state index in [1.165, 1.54) is 51.2 Å². The third kappa shape index (κ3) is 5.04. The van der Waals surface area contributed by atoms with Crippen LogP contribution in [0.4, 0.5) is 0 Å². The van der Waals surface area contributed by atoms with Gasteiger partial charge < -0.3 is 5.32 Å². The largest absolute Gasteiger partial charge is 0.311 e. The molecule has 0 amide bonds. The fourth-order valence-corrected chi connectivity index (χ4v) is 4.18. The van der Waals surface area contributed by atoms with Crippen molar-refractivity contribution in [3.63, 3.8) is 0 Å². The fourth-order valence-electron chi connectivity index (χ4n) is 3.31. The molecule has 5 heteroatoms. The van der Waals surface area contributed by atoms with Crippen LogP contribution in [0, 0.1) is 0 Å². The van der Waals surface area contributed by atoms with Crippen molar-refractivity contribution in [1.82, 2.24) is 9.62 Å². The number of hydrogen-bond acceptors (Lipinski definition) is 3. The van der Waals surface area contributed by atoms with Crippen molar-refractivity contribution in [3.8, 4) is 0 Å². The Morgan fingerprint density at radius 1 is 0.842 bits per heavy atom. The minimum absolute atomic E-state index is 0.516. The summed E-state index contributed by atoms with van der Waals surface area (Å²) in [5, 5.41) is 3.78. The lowest BCUT2D eigenvalue weighted by atomic mass is 9.95. The summed E-state index contributed by atoms with van der Waals surface area (Å²) in [7, 11) is -2.99. The Bertz CT molecular complexity index is 354. The van der Waals surface area contributed by atoms with Crippen LogP contribution < -0.4 is 5.32 Å². The summed E-state index contributed by atoms with van der Waals surface area (Å²) in [6.07, 6.45) is 12.7. The predicted octanol–water partition coefficient (Wildman–Crippen LogP) is 2.11. The van der Waals surface area contributed by atoms with Crippen molar-refractivity contribution in [2.24, 2.45) is 0 Å². The maximum atomic E-state index is 11.5. The lowest BCUT2D eigenvalue weighted by Crippen LogP contribution is -2.47. The molecular weight excluding hydrogens is 260 g/mol. The van der Waals surface area contributed by atoms with Crippen molar-refractivity contribution in [1.29, 1.82) is 0 Å². The molecule has 1 saturated heterocycles. The van der Waals surface area contributed by atoms with Gasteiger partial charge in [0, 0.05) is 25.2 Å². The molecule has 1 N–H and O–H groups in total. The first-order valence-corrected chi connectivity index (χ1v) is 9.62. The Labute approximate surface area is 118 Å². The van der Waals surface area contributed by atoms with Gasteiger partial charge in [0.2, 0.25) is 10.0 Å². The van der Waals surface area contributed by atoms with Crippen molar-refractivity contribution >= 4 is 10.0 Å². The second-order valence-corrected chi connectivity index (χ2v) is 8.13. The van der Waals surface area contributed by atoms with Crippen molar-refractivity contribution < 1.29 is 8.42 Å². The van der Waals surface area contributed by atoms with Gasteiger partial charge >= 0.3 is 0 Å². The van der Waals surface area contributed by atoms with E-state index in [1.54, 1.807) is 4.31 Å². The van der Waals surface area contributed by atoms with Crippen LogP contribution in [0.1, 0.15) is 57.8 Å². The van der Waals surface area contributed by atoms with Gasteiger partial charge in [0.05, 0.1) is 6.26 Å². The van der Waals surface area contributed by atoms with Crippen LogP contribution in [-0.4, -0.2) is 44.2 Å². The van der Waals surface area contributed by atoms with Crippen LogP contribution in [0.5, 0.6) is 0 Å². The van der Waals surface area contributed by atoms with Gasteiger partial charge in [-0.15, -0.1) is 0 Å². The minimum Gasteiger partial charge on any atom is -0.311 e. The van der Waals surface area contributed by atoms with Crippen molar-refractivity contribution in [3.05, 3.63) is 0 Å². The molecule has 0 aromatic heterocycles. The molecule has 0 radical (unpaired) electrons. The first-order valence-electron chi connectivity index (χ1n) is 7.77. The molecule has 1 heterocycles. The highest BCUT2D eigenvalue weighted by molar-refractivity contribution is 7.88. The molecule has 0 unspecified atom stereocenters. The Morgan fingerprint density at radius 3 is 1.84 bits per heavy atom. The average Bonchev–Trinajstić information content (AvgIpc) is 2.32. The van der Waals surface area contributed by atoms with Crippen LogP contribution in [0.3, 0.4) is 0 Å². The number of hydrogen-bond donors (Lipinski definition) is 1. The second kappa shape index (κ2) is 7.04. The molecule has 112 valence electrons. The van der Waals surface area contributed by atoms with Crippen LogP contribution in [-0.2, 0) is 10.0 Å². The van der Waals surface area contributed by atoms with E-state index >= 15 is 0 Å². The second-order valence-electron chi connectivity index (χ2n) is 6.15. The zero-order valence-electron chi connectivity index (χ0n) is 12.1. The molecule has 0 bridgehead atoms. The molecule has 1 saturated carbocycles. The molecule has 1 aliphatic carbocycles. The number of nitrogens with zero attached hydrogens (tertiary/aromatic N) is 1. The topological polar surface area (TPSA) is 49.4 Å². The Balaban J connectivity index is 1.75. The van der Waals surface area contributed by atoms with E-state index in [0.717, 1.165) is 12.8 Å². The van der Waals surface area contributed by atoms with Crippen LogP contribution in [0.25, 0.3) is 0 Å². The van der Waals surface area contributed by atoms with Crippen LogP contribution >= 0.6 is 0 Å². The maximum absolute atomic E-state index is 11.5. The Morgan fingerprint density at radius 2 is 1.32 bits per heavy atom. The summed E-state index contributed by atoms with van der Waals surface area (Å²) in [6.45, 7) is 1.37. The number of sulfonamides is 1. The standard InChI is InChI=1S/C14H28N2O2S/c1-19(17,18)16-11-9-14(10-12-16)15-13-7-5-3-2-4-6-8-13/h13-15H,2-12H2,1H3. The molecule has 0 atom stereocenters. The van der Waals surface area contributed by atoms with Gasteiger partial charge in [-0.05, 0) is 25.7 Å². The summed E-state index contributed by atoms with van der Waals surface area (Å²) in [6, 6.07) is 1.18. The average molecular weight is 288 g/mol. The van der Waals surface area contributed by atoms with Gasteiger partial charge in [-0.2, -0.15) is 0 Å². The Hall–Kier alpha value is -0.130. The summed E-state index contributed by atoms with van der Waals surface area (Å²) >= 11 is 0. The quantitative estimate of drug-likeness (QED) is 0.865. The third-order valence-electron chi connectivity index (χ3n) is 4.50. The molecule has 0 aromatic rings. The van der Waals surface area contributed by atoms with Gasteiger partial charge in [0.1, 0.15) is 0 Å². The van der Waals surface area contributed by atoms with E-state index in [-0.39, 0.29) is 0 Å². The highest BCUT2D eigenvalue weighted by Crippen LogP contribution is 2.20. The van der Waals surface area contributed by atoms with Crippen LogP contribution in [0.2, 0.25) is 0 Å².